The van der Waals surface area contributed by atoms with Crippen molar-refractivity contribution in [1.82, 2.24) is 4.90 Å². The van der Waals surface area contributed by atoms with E-state index in [0.29, 0.717) is 17.2 Å². The molecule has 4 nitrogen and oxygen atoms in total. The highest BCUT2D eigenvalue weighted by Crippen LogP contribution is 2.26. The van der Waals surface area contributed by atoms with Crippen LogP contribution in [0.5, 0.6) is 0 Å². The summed E-state index contributed by atoms with van der Waals surface area (Å²) < 4.78 is 0. The van der Waals surface area contributed by atoms with Crippen LogP contribution in [0.25, 0.3) is 0 Å². The van der Waals surface area contributed by atoms with Crippen molar-refractivity contribution in [3.8, 4) is 0 Å². The predicted octanol–water partition coefficient (Wildman–Crippen LogP) is 2.14. The fourth-order valence-electron chi connectivity index (χ4n) is 2.10. The van der Waals surface area contributed by atoms with Crippen LogP contribution in [0.4, 0.5) is 11.4 Å². The number of nitrogens with two attached hydrogens (primary N) is 1. The van der Waals surface area contributed by atoms with Gasteiger partial charge < -0.3 is 16.0 Å². The Balaban J connectivity index is 2.06. The first kappa shape index (κ1) is 14.1. The monoisotopic (exact) mass is 279 g/mol. The summed E-state index contributed by atoms with van der Waals surface area (Å²) >= 11 is 2.00. The van der Waals surface area contributed by atoms with Crippen LogP contribution in [0.15, 0.2) is 18.2 Å². The van der Waals surface area contributed by atoms with Crippen LogP contribution in [0.2, 0.25) is 0 Å². The van der Waals surface area contributed by atoms with Crippen LogP contribution in [-0.4, -0.2) is 43.0 Å². The van der Waals surface area contributed by atoms with Gasteiger partial charge in [-0.15, -0.1) is 0 Å². The summed E-state index contributed by atoms with van der Waals surface area (Å²) in [7, 11) is 3.50. The molecule has 104 valence electrons. The number of nitrogen functional groups attached to an aromatic ring is 1. The summed E-state index contributed by atoms with van der Waals surface area (Å²) in [6.45, 7) is 0.927. The fourth-order valence-corrected chi connectivity index (χ4v) is 3.38. The van der Waals surface area contributed by atoms with E-state index in [1.807, 2.05) is 17.8 Å². The van der Waals surface area contributed by atoms with Crippen LogP contribution in [0.3, 0.4) is 0 Å². The number of carbonyl (C=O) groups excluding carboxylic acids is 1. The number of amides is 1. The van der Waals surface area contributed by atoms with Gasteiger partial charge in [0.25, 0.3) is 5.91 Å². The second-order valence-electron chi connectivity index (χ2n) is 5.11. The Bertz CT molecular complexity index is 456. The Morgan fingerprint density at radius 2 is 2.32 bits per heavy atom. The van der Waals surface area contributed by atoms with Crippen molar-refractivity contribution in [2.75, 3.05) is 43.2 Å². The summed E-state index contributed by atoms with van der Waals surface area (Å²) in [6, 6.07) is 5.41. The number of benzene rings is 1. The second kappa shape index (κ2) is 6.19. The molecule has 1 heterocycles. The molecule has 1 aromatic rings. The molecule has 0 radical (unpaired) electrons. The number of nitrogens with one attached hydrogen (secondary N) is 1. The van der Waals surface area contributed by atoms with Gasteiger partial charge in [0.1, 0.15) is 0 Å². The van der Waals surface area contributed by atoms with Crippen molar-refractivity contribution in [3.05, 3.63) is 23.8 Å². The van der Waals surface area contributed by atoms with Crippen LogP contribution >= 0.6 is 11.8 Å². The largest absolute Gasteiger partial charge is 0.397 e. The van der Waals surface area contributed by atoms with E-state index in [1.54, 1.807) is 31.1 Å². The minimum absolute atomic E-state index is 0.000489. The number of hydrogen-bond acceptors (Lipinski definition) is 4. The standard InChI is InChI=1S/C14H21N3OS/c1-17(2)14(18)11-3-4-12(15)13(7-11)16-8-10-5-6-19-9-10/h3-4,7,10,16H,5-6,8-9,15H2,1-2H3. The molecule has 0 aliphatic carbocycles. The molecule has 1 saturated heterocycles. The molecule has 0 spiro atoms. The van der Waals surface area contributed by atoms with Crippen molar-refractivity contribution in [2.45, 2.75) is 6.42 Å². The fraction of sp³-hybridized carbons (Fsp3) is 0.500. The molecule has 5 heteroatoms. The molecule has 1 aliphatic rings. The van der Waals surface area contributed by atoms with Crippen molar-refractivity contribution < 1.29 is 4.79 Å². The van der Waals surface area contributed by atoms with E-state index >= 15 is 0 Å². The number of hydrogen-bond donors (Lipinski definition) is 2. The third kappa shape index (κ3) is 3.56. The van der Waals surface area contributed by atoms with E-state index < -0.39 is 0 Å². The van der Waals surface area contributed by atoms with Gasteiger partial charge in [-0.3, -0.25) is 4.79 Å². The van der Waals surface area contributed by atoms with Gasteiger partial charge in [-0.1, -0.05) is 0 Å². The Hall–Kier alpha value is -1.36. The van der Waals surface area contributed by atoms with E-state index in [1.165, 1.54) is 17.9 Å². The van der Waals surface area contributed by atoms with Gasteiger partial charge in [0.15, 0.2) is 0 Å². The third-order valence-electron chi connectivity index (χ3n) is 3.31. The molecule has 2 rings (SSSR count). The van der Waals surface area contributed by atoms with Crippen molar-refractivity contribution >= 4 is 29.0 Å². The Morgan fingerprint density at radius 1 is 1.53 bits per heavy atom. The lowest BCUT2D eigenvalue weighted by molar-refractivity contribution is 0.0827. The molecule has 3 N–H and O–H groups in total. The van der Waals surface area contributed by atoms with E-state index in [4.69, 9.17) is 5.73 Å². The van der Waals surface area contributed by atoms with E-state index in [9.17, 15) is 4.79 Å². The zero-order valence-electron chi connectivity index (χ0n) is 11.5. The number of thioether (sulfide) groups is 1. The van der Waals surface area contributed by atoms with Crippen LogP contribution in [0.1, 0.15) is 16.8 Å². The van der Waals surface area contributed by atoms with Gasteiger partial charge in [0, 0.05) is 26.2 Å². The molecule has 1 aromatic carbocycles. The highest BCUT2D eigenvalue weighted by molar-refractivity contribution is 7.99. The average molecular weight is 279 g/mol. The topological polar surface area (TPSA) is 58.4 Å². The summed E-state index contributed by atoms with van der Waals surface area (Å²) in [4.78, 5) is 13.5. The molecule has 0 aromatic heterocycles. The Morgan fingerprint density at radius 3 is 2.95 bits per heavy atom. The van der Waals surface area contributed by atoms with Gasteiger partial charge in [-0.25, -0.2) is 0 Å². The van der Waals surface area contributed by atoms with Gasteiger partial charge in [-0.05, 0) is 42.0 Å². The zero-order chi connectivity index (χ0) is 13.8. The number of carbonyl (C=O) groups is 1. The van der Waals surface area contributed by atoms with Crippen molar-refractivity contribution in [2.24, 2.45) is 5.92 Å². The first-order chi connectivity index (χ1) is 9.08. The van der Waals surface area contributed by atoms with Gasteiger partial charge in [-0.2, -0.15) is 11.8 Å². The predicted molar refractivity (Wildman–Crippen MR) is 82.8 cm³/mol. The van der Waals surface area contributed by atoms with Crippen molar-refractivity contribution in [1.29, 1.82) is 0 Å². The number of nitrogens with zero attached hydrogens (tertiary/aromatic N) is 1. The SMILES string of the molecule is CN(C)C(=O)c1ccc(N)c(NCC2CCSC2)c1. The maximum Gasteiger partial charge on any atom is 0.253 e. The van der Waals surface area contributed by atoms with Gasteiger partial charge in [0.05, 0.1) is 11.4 Å². The summed E-state index contributed by atoms with van der Waals surface area (Å²) in [6.07, 6.45) is 1.26. The molecule has 1 unspecified atom stereocenters. The molecule has 1 atom stereocenters. The highest BCUT2D eigenvalue weighted by atomic mass is 32.2. The number of anilines is 2. The minimum atomic E-state index is -0.000489. The first-order valence-electron chi connectivity index (χ1n) is 6.50. The second-order valence-corrected chi connectivity index (χ2v) is 6.26. The minimum Gasteiger partial charge on any atom is -0.397 e. The molecule has 1 amide bonds. The lowest BCUT2D eigenvalue weighted by Crippen LogP contribution is -2.22. The van der Waals surface area contributed by atoms with Crippen molar-refractivity contribution in [3.63, 3.8) is 0 Å². The summed E-state index contributed by atoms with van der Waals surface area (Å²) in [5.74, 6) is 3.17. The molecule has 0 bridgehead atoms. The lowest BCUT2D eigenvalue weighted by atomic mass is 10.1. The maximum absolute atomic E-state index is 11.9. The summed E-state index contributed by atoms with van der Waals surface area (Å²) in [5.41, 5.74) is 8.19. The molecular formula is C14H21N3OS. The summed E-state index contributed by atoms with van der Waals surface area (Å²) in [5, 5.41) is 3.38. The first-order valence-corrected chi connectivity index (χ1v) is 7.66. The zero-order valence-corrected chi connectivity index (χ0v) is 12.3. The third-order valence-corrected chi connectivity index (χ3v) is 4.54. The average Bonchev–Trinajstić information content (AvgIpc) is 2.90. The highest BCUT2D eigenvalue weighted by Gasteiger charge is 2.16. The quantitative estimate of drug-likeness (QED) is 0.829. The van der Waals surface area contributed by atoms with E-state index in [2.05, 4.69) is 5.32 Å². The number of rotatable bonds is 4. The molecule has 19 heavy (non-hydrogen) atoms. The Labute approximate surface area is 118 Å². The molecular weight excluding hydrogens is 258 g/mol. The van der Waals surface area contributed by atoms with E-state index in [-0.39, 0.29) is 5.91 Å². The Kier molecular flexibility index (Phi) is 4.58. The normalized spacial score (nSPS) is 18.3. The van der Waals surface area contributed by atoms with Crippen LogP contribution < -0.4 is 11.1 Å². The van der Waals surface area contributed by atoms with Crippen LogP contribution in [0, 0.1) is 5.92 Å². The maximum atomic E-state index is 11.9. The van der Waals surface area contributed by atoms with Crippen LogP contribution in [-0.2, 0) is 0 Å². The molecule has 0 saturated carbocycles. The van der Waals surface area contributed by atoms with Gasteiger partial charge in [0.2, 0.25) is 0 Å². The molecule has 1 aliphatic heterocycles. The molecule has 1 fully saturated rings. The smallest absolute Gasteiger partial charge is 0.253 e. The lowest BCUT2D eigenvalue weighted by Gasteiger charge is -2.15. The van der Waals surface area contributed by atoms with E-state index in [0.717, 1.165) is 12.2 Å². The van der Waals surface area contributed by atoms with Gasteiger partial charge >= 0.3 is 0 Å².